The highest BCUT2D eigenvalue weighted by Crippen LogP contribution is 2.19. The maximum absolute atomic E-state index is 12.5. The van der Waals surface area contributed by atoms with Crippen molar-refractivity contribution in [3.05, 3.63) is 59.6 Å². The number of nitrogens with zero attached hydrogens (tertiary/aromatic N) is 2. The van der Waals surface area contributed by atoms with E-state index in [-0.39, 0.29) is 12.5 Å². The van der Waals surface area contributed by atoms with Crippen LogP contribution in [0.5, 0.6) is 0 Å². The van der Waals surface area contributed by atoms with Gasteiger partial charge in [-0.05, 0) is 36.4 Å². The molecule has 6 nitrogen and oxygen atoms in total. The van der Waals surface area contributed by atoms with Crippen molar-refractivity contribution in [2.75, 3.05) is 29.9 Å². The van der Waals surface area contributed by atoms with Crippen LogP contribution in [0.1, 0.15) is 6.92 Å². The highest BCUT2D eigenvalue weighted by Gasteiger charge is 2.34. The molecule has 7 heteroatoms. The number of piperazine rings is 1. The number of para-hydroxylation sites is 1. The number of halogens is 1. The Morgan fingerprint density at radius 3 is 2.37 bits per heavy atom. The molecule has 0 unspecified atom stereocenters. The zero-order valence-corrected chi connectivity index (χ0v) is 15.6. The van der Waals surface area contributed by atoms with Crippen LogP contribution < -0.4 is 10.2 Å². The molecule has 2 aromatic carbocycles. The fourth-order valence-corrected chi connectivity index (χ4v) is 3.04. The molecule has 2 aromatic rings. The van der Waals surface area contributed by atoms with Gasteiger partial charge in [-0.15, -0.1) is 0 Å². The van der Waals surface area contributed by atoms with E-state index < -0.39 is 17.7 Å². The molecular formula is C20H20ClN3O3. The Hall–Kier alpha value is -2.86. The molecular weight excluding hydrogens is 366 g/mol. The van der Waals surface area contributed by atoms with Crippen molar-refractivity contribution >= 4 is 40.7 Å². The highest BCUT2D eigenvalue weighted by atomic mass is 35.5. The second kappa shape index (κ2) is 8.22. The molecule has 140 valence electrons. The van der Waals surface area contributed by atoms with Gasteiger partial charge in [0.2, 0.25) is 5.91 Å². The minimum atomic E-state index is -0.587. The van der Waals surface area contributed by atoms with E-state index >= 15 is 0 Å². The van der Waals surface area contributed by atoms with Crippen LogP contribution >= 0.6 is 11.6 Å². The van der Waals surface area contributed by atoms with Crippen molar-refractivity contribution in [1.82, 2.24) is 4.90 Å². The molecule has 0 aromatic heterocycles. The summed E-state index contributed by atoms with van der Waals surface area (Å²) in [5.41, 5.74) is 1.33. The molecule has 0 saturated carbocycles. The van der Waals surface area contributed by atoms with Gasteiger partial charge in [-0.25, -0.2) is 0 Å². The van der Waals surface area contributed by atoms with Gasteiger partial charge in [0.15, 0.2) is 0 Å². The first-order valence-corrected chi connectivity index (χ1v) is 9.06. The van der Waals surface area contributed by atoms with Gasteiger partial charge in [-0.3, -0.25) is 14.4 Å². The van der Waals surface area contributed by atoms with Gasteiger partial charge < -0.3 is 15.1 Å². The van der Waals surface area contributed by atoms with E-state index in [0.717, 1.165) is 0 Å². The topological polar surface area (TPSA) is 69.7 Å². The summed E-state index contributed by atoms with van der Waals surface area (Å²) < 4.78 is 0. The van der Waals surface area contributed by atoms with E-state index in [1.807, 2.05) is 18.2 Å². The number of nitrogens with one attached hydrogen (secondary N) is 1. The maximum atomic E-state index is 12.5. The lowest BCUT2D eigenvalue weighted by atomic mass is 10.1. The quantitative estimate of drug-likeness (QED) is 0.804. The molecule has 27 heavy (non-hydrogen) atoms. The van der Waals surface area contributed by atoms with Crippen LogP contribution in [0.15, 0.2) is 54.6 Å². The molecule has 3 rings (SSSR count). The molecule has 1 N–H and O–H groups in total. The lowest BCUT2D eigenvalue weighted by Gasteiger charge is -2.34. The predicted octanol–water partition coefficient (Wildman–Crippen LogP) is 2.79. The first-order chi connectivity index (χ1) is 13.0. The van der Waals surface area contributed by atoms with Gasteiger partial charge >= 0.3 is 11.8 Å². The van der Waals surface area contributed by atoms with E-state index in [0.29, 0.717) is 29.5 Å². The van der Waals surface area contributed by atoms with Crippen LogP contribution in [0.3, 0.4) is 0 Å². The Morgan fingerprint density at radius 2 is 1.70 bits per heavy atom. The Labute approximate surface area is 162 Å². The lowest BCUT2D eigenvalue weighted by molar-refractivity contribution is -0.147. The SMILES string of the molecule is C[C@@H](CN1CCN(c2ccccc2)C(=O)C1=O)C(=O)Nc1ccc(Cl)cc1. The van der Waals surface area contributed by atoms with E-state index in [2.05, 4.69) is 5.32 Å². The summed E-state index contributed by atoms with van der Waals surface area (Å²) in [6.45, 7) is 2.71. The third-order valence-corrected chi connectivity index (χ3v) is 4.68. The minimum absolute atomic E-state index is 0.187. The largest absolute Gasteiger partial charge is 0.332 e. The zero-order chi connectivity index (χ0) is 19.4. The molecule has 0 radical (unpaired) electrons. The molecule has 0 aliphatic carbocycles. The van der Waals surface area contributed by atoms with Gasteiger partial charge in [-0.1, -0.05) is 36.7 Å². The number of benzene rings is 2. The maximum Gasteiger partial charge on any atom is 0.316 e. The summed E-state index contributed by atoms with van der Waals surface area (Å²) in [5, 5.41) is 3.37. The number of hydrogen-bond acceptors (Lipinski definition) is 3. The van der Waals surface area contributed by atoms with Crippen LogP contribution in [0, 0.1) is 5.92 Å². The van der Waals surface area contributed by atoms with Gasteiger partial charge in [0, 0.05) is 36.0 Å². The van der Waals surface area contributed by atoms with Gasteiger partial charge in [0.25, 0.3) is 0 Å². The highest BCUT2D eigenvalue weighted by molar-refractivity contribution is 6.41. The molecule has 1 saturated heterocycles. The molecule has 3 amide bonds. The van der Waals surface area contributed by atoms with Crippen LogP contribution in [0.2, 0.25) is 5.02 Å². The Bertz CT molecular complexity index is 839. The summed E-state index contributed by atoms with van der Waals surface area (Å²) in [7, 11) is 0. The summed E-state index contributed by atoms with van der Waals surface area (Å²) in [6, 6.07) is 15.9. The van der Waals surface area contributed by atoms with Crippen LogP contribution in [-0.2, 0) is 14.4 Å². The number of hydrogen-bond donors (Lipinski definition) is 1. The van der Waals surface area contributed by atoms with E-state index in [1.165, 1.54) is 9.80 Å². The average molecular weight is 386 g/mol. The monoisotopic (exact) mass is 385 g/mol. The molecule has 0 bridgehead atoms. The van der Waals surface area contributed by atoms with E-state index in [1.54, 1.807) is 43.3 Å². The Balaban J connectivity index is 1.59. The molecule has 1 aliphatic heterocycles. The fraction of sp³-hybridized carbons (Fsp3) is 0.250. The van der Waals surface area contributed by atoms with Gasteiger partial charge in [-0.2, -0.15) is 0 Å². The first-order valence-electron chi connectivity index (χ1n) is 8.68. The van der Waals surface area contributed by atoms with Crippen molar-refractivity contribution in [2.45, 2.75) is 6.92 Å². The molecule has 0 spiro atoms. The fourth-order valence-electron chi connectivity index (χ4n) is 2.92. The second-order valence-corrected chi connectivity index (χ2v) is 6.88. The van der Waals surface area contributed by atoms with Crippen LogP contribution in [-0.4, -0.2) is 42.3 Å². The van der Waals surface area contributed by atoms with Gasteiger partial charge in [0.05, 0.1) is 5.92 Å². The van der Waals surface area contributed by atoms with Crippen LogP contribution in [0.4, 0.5) is 11.4 Å². The van der Waals surface area contributed by atoms with Crippen molar-refractivity contribution in [1.29, 1.82) is 0 Å². The Morgan fingerprint density at radius 1 is 1.04 bits per heavy atom. The van der Waals surface area contributed by atoms with Crippen molar-refractivity contribution < 1.29 is 14.4 Å². The number of carbonyl (C=O) groups excluding carboxylic acids is 3. The number of anilines is 2. The van der Waals surface area contributed by atoms with Crippen molar-refractivity contribution in [2.24, 2.45) is 5.92 Å². The summed E-state index contributed by atoms with van der Waals surface area (Å²) >= 11 is 5.83. The normalized spacial score (nSPS) is 15.6. The minimum Gasteiger partial charge on any atom is -0.332 e. The van der Waals surface area contributed by atoms with E-state index in [9.17, 15) is 14.4 Å². The molecule has 1 fully saturated rings. The summed E-state index contributed by atoms with van der Waals surface area (Å²) in [4.78, 5) is 40.2. The number of rotatable bonds is 5. The molecule has 1 atom stereocenters. The van der Waals surface area contributed by atoms with Crippen LogP contribution in [0.25, 0.3) is 0 Å². The summed E-state index contributed by atoms with van der Waals surface area (Å²) in [6.07, 6.45) is 0. The molecule has 1 heterocycles. The zero-order valence-electron chi connectivity index (χ0n) is 14.9. The van der Waals surface area contributed by atoms with Gasteiger partial charge in [0.1, 0.15) is 0 Å². The average Bonchev–Trinajstić information content (AvgIpc) is 2.68. The first kappa shape index (κ1) is 18.9. The van der Waals surface area contributed by atoms with Crippen molar-refractivity contribution in [3.63, 3.8) is 0 Å². The smallest absolute Gasteiger partial charge is 0.316 e. The standard InChI is InChI=1S/C20H20ClN3O3/c1-14(18(25)22-16-9-7-15(21)8-10-16)13-23-11-12-24(20(27)19(23)26)17-5-3-2-4-6-17/h2-10,14H,11-13H2,1H3,(H,22,25)/t14-/m0/s1. The predicted molar refractivity (Wildman–Crippen MR) is 105 cm³/mol. The third-order valence-electron chi connectivity index (χ3n) is 4.43. The summed E-state index contributed by atoms with van der Waals surface area (Å²) in [5.74, 6) is -1.84. The van der Waals surface area contributed by atoms with E-state index in [4.69, 9.17) is 11.6 Å². The number of carbonyl (C=O) groups is 3. The third kappa shape index (κ3) is 4.46. The van der Waals surface area contributed by atoms with Crippen molar-refractivity contribution in [3.8, 4) is 0 Å². The Kier molecular flexibility index (Phi) is 5.76. The second-order valence-electron chi connectivity index (χ2n) is 6.44. The lowest BCUT2D eigenvalue weighted by Crippen LogP contribution is -2.55. The molecule has 1 aliphatic rings. The number of amides is 3.